The first-order chi connectivity index (χ1) is 10.9. The number of aliphatic carboxylic acids is 1. The first-order valence-electron chi connectivity index (χ1n) is 6.91. The Bertz CT molecular complexity index is 756. The first-order valence-corrected chi connectivity index (χ1v) is 7.28. The molecule has 23 heavy (non-hydrogen) atoms. The Hall–Kier alpha value is -2.53. The van der Waals surface area contributed by atoms with Crippen LogP contribution in [0.3, 0.4) is 0 Å². The predicted octanol–water partition coefficient (Wildman–Crippen LogP) is 4.26. The van der Waals surface area contributed by atoms with E-state index in [1.165, 1.54) is 19.1 Å². The van der Waals surface area contributed by atoms with Gasteiger partial charge in [0.2, 0.25) is 0 Å². The number of rotatable bonds is 5. The third kappa shape index (κ3) is 4.02. The van der Waals surface area contributed by atoms with Crippen LogP contribution in [0.1, 0.15) is 30.0 Å². The molecule has 120 valence electrons. The van der Waals surface area contributed by atoms with Gasteiger partial charge in [-0.1, -0.05) is 11.6 Å². The van der Waals surface area contributed by atoms with Gasteiger partial charge in [0.25, 0.3) is 0 Å². The Morgan fingerprint density at radius 2 is 1.96 bits per heavy atom. The number of hydrogen-bond donors (Lipinski definition) is 1. The lowest BCUT2D eigenvalue weighted by Gasteiger charge is -1.99. The lowest BCUT2D eigenvalue weighted by atomic mass is 10.1. The zero-order chi connectivity index (χ0) is 17.0. The summed E-state index contributed by atoms with van der Waals surface area (Å²) in [6.45, 7) is 3.32. The molecule has 6 heteroatoms. The van der Waals surface area contributed by atoms with E-state index in [1.54, 1.807) is 31.2 Å². The monoisotopic (exact) mass is 334 g/mol. The second-order valence-electron chi connectivity index (χ2n) is 4.75. The summed E-state index contributed by atoms with van der Waals surface area (Å²) in [5.74, 6) is -1.09. The Balaban J connectivity index is 2.50. The standard InChI is InChI=1S/C17H15ClO5/c1-3-22-17(21)13-9-14(11-4-6-12(18)7-5-11)23-15(13)8-10(2)16(19)20/h4-9H,3H2,1-2H3,(H,19,20)/b10-8+. The summed E-state index contributed by atoms with van der Waals surface area (Å²) < 4.78 is 10.6. The van der Waals surface area contributed by atoms with Crippen molar-refractivity contribution in [3.8, 4) is 11.3 Å². The largest absolute Gasteiger partial charge is 0.478 e. The maximum Gasteiger partial charge on any atom is 0.342 e. The molecule has 1 N–H and O–H groups in total. The molecule has 0 radical (unpaired) electrons. The molecule has 2 rings (SSSR count). The van der Waals surface area contributed by atoms with Crippen LogP contribution < -0.4 is 0 Å². The molecule has 0 unspecified atom stereocenters. The van der Waals surface area contributed by atoms with Gasteiger partial charge in [-0.2, -0.15) is 0 Å². The van der Waals surface area contributed by atoms with Crippen molar-refractivity contribution in [3.63, 3.8) is 0 Å². The van der Waals surface area contributed by atoms with Crippen LogP contribution in [-0.2, 0) is 9.53 Å². The Kier molecular flexibility index (Phi) is 5.24. The van der Waals surface area contributed by atoms with E-state index in [4.69, 9.17) is 25.9 Å². The minimum atomic E-state index is -1.09. The summed E-state index contributed by atoms with van der Waals surface area (Å²) in [6.07, 6.45) is 1.30. The second kappa shape index (κ2) is 7.15. The topological polar surface area (TPSA) is 76.7 Å². The average Bonchev–Trinajstić information content (AvgIpc) is 2.92. The summed E-state index contributed by atoms with van der Waals surface area (Å²) in [7, 11) is 0. The first kappa shape index (κ1) is 16.8. The molecule has 0 atom stereocenters. The molecule has 1 aromatic heterocycles. The lowest BCUT2D eigenvalue weighted by Crippen LogP contribution is -2.05. The molecule has 0 aliphatic carbocycles. The van der Waals surface area contributed by atoms with Crippen molar-refractivity contribution in [1.29, 1.82) is 0 Å². The predicted molar refractivity (Wildman–Crippen MR) is 86.4 cm³/mol. The minimum Gasteiger partial charge on any atom is -0.478 e. The van der Waals surface area contributed by atoms with Gasteiger partial charge < -0.3 is 14.3 Å². The molecule has 0 saturated carbocycles. The van der Waals surface area contributed by atoms with E-state index in [0.29, 0.717) is 16.3 Å². The Morgan fingerprint density at radius 3 is 2.52 bits per heavy atom. The van der Waals surface area contributed by atoms with E-state index in [-0.39, 0.29) is 23.5 Å². The van der Waals surface area contributed by atoms with Crippen molar-refractivity contribution in [2.24, 2.45) is 0 Å². The fourth-order valence-corrected chi connectivity index (χ4v) is 2.02. The highest BCUT2D eigenvalue weighted by atomic mass is 35.5. The van der Waals surface area contributed by atoms with Crippen molar-refractivity contribution in [3.05, 3.63) is 52.3 Å². The number of hydrogen-bond acceptors (Lipinski definition) is 4. The van der Waals surface area contributed by atoms with Crippen LogP contribution in [-0.4, -0.2) is 23.7 Å². The van der Waals surface area contributed by atoms with Crippen molar-refractivity contribution in [1.82, 2.24) is 0 Å². The highest BCUT2D eigenvalue weighted by molar-refractivity contribution is 6.30. The maximum atomic E-state index is 12.0. The molecule has 2 aromatic rings. The van der Waals surface area contributed by atoms with E-state index in [0.717, 1.165) is 0 Å². The normalized spacial score (nSPS) is 11.3. The van der Waals surface area contributed by atoms with Crippen LogP contribution in [0.2, 0.25) is 5.02 Å². The van der Waals surface area contributed by atoms with E-state index in [2.05, 4.69) is 0 Å². The van der Waals surface area contributed by atoms with Crippen molar-refractivity contribution >= 4 is 29.6 Å². The molecule has 0 spiro atoms. The molecule has 0 aliphatic rings. The molecule has 0 bridgehead atoms. The van der Waals surface area contributed by atoms with Gasteiger partial charge in [0.1, 0.15) is 17.1 Å². The van der Waals surface area contributed by atoms with Crippen LogP contribution in [0, 0.1) is 0 Å². The number of ether oxygens (including phenoxy) is 1. The zero-order valence-electron chi connectivity index (χ0n) is 12.6. The lowest BCUT2D eigenvalue weighted by molar-refractivity contribution is -0.132. The van der Waals surface area contributed by atoms with E-state index in [1.807, 2.05) is 0 Å². The van der Waals surface area contributed by atoms with E-state index >= 15 is 0 Å². The van der Waals surface area contributed by atoms with Crippen LogP contribution in [0.5, 0.6) is 0 Å². The van der Waals surface area contributed by atoms with Gasteiger partial charge in [0.05, 0.1) is 6.61 Å². The quantitative estimate of drug-likeness (QED) is 0.653. The van der Waals surface area contributed by atoms with Crippen molar-refractivity contribution in [2.45, 2.75) is 13.8 Å². The maximum absolute atomic E-state index is 12.0. The summed E-state index contributed by atoms with van der Waals surface area (Å²) in [4.78, 5) is 23.0. The summed E-state index contributed by atoms with van der Waals surface area (Å²) in [6, 6.07) is 8.41. The Labute approximate surface area is 138 Å². The number of carbonyl (C=O) groups excluding carboxylic acids is 1. The van der Waals surface area contributed by atoms with Gasteiger partial charge in [-0.3, -0.25) is 0 Å². The molecule has 5 nitrogen and oxygen atoms in total. The number of esters is 1. The number of benzene rings is 1. The van der Waals surface area contributed by atoms with Gasteiger partial charge in [-0.25, -0.2) is 9.59 Å². The zero-order valence-corrected chi connectivity index (χ0v) is 13.4. The number of furan rings is 1. The summed E-state index contributed by atoms with van der Waals surface area (Å²) >= 11 is 5.85. The van der Waals surface area contributed by atoms with Crippen molar-refractivity contribution < 1.29 is 23.8 Å². The van der Waals surface area contributed by atoms with Crippen LogP contribution in [0.4, 0.5) is 0 Å². The van der Waals surface area contributed by atoms with Crippen LogP contribution in [0.15, 0.2) is 40.3 Å². The number of carboxylic acids is 1. The molecule has 0 saturated heterocycles. The van der Waals surface area contributed by atoms with Crippen molar-refractivity contribution in [2.75, 3.05) is 6.61 Å². The average molecular weight is 335 g/mol. The number of halogens is 1. The molecule has 0 amide bonds. The highest BCUT2D eigenvalue weighted by Crippen LogP contribution is 2.29. The fraction of sp³-hybridized carbons (Fsp3) is 0.176. The second-order valence-corrected chi connectivity index (χ2v) is 5.18. The molecule has 1 heterocycles. The van der Waals surface area contributed by atoms with Gasteiger partial charge in [-0.05, 0) is 50.3 Å². The molecule has 1 aromatic carbocycles. The minimum absolute atomic E-state index is 0.0487. The van der Waals surface area contributed by atoms with E-state index in [9.17, 15) is 9.59 Å². The van der Waals surface area contributed by atoms with Gasteiger partial charge in [0.15, 0.2) is 0 Å². The summed E-state index contributed by atoms with van der Waals surface area (Å²) in [5, 5.41) is 9.57. The number of carboxylic acid groups (broad SMARTS) is 1. The van der Waals surface area contributed by atoms with Crippen LogP contribution >= 0.6 is 11.6 Å². The van der Waals surface area contributed by atoms with Gasteiger partial charge >= 0.3 is 11.9 Å². The SMILES string of the molecule is CCOC(=O)c1cc(-c2ccc(Cl)cc2)oc1/C=C(\C)C(=O)O. The third-order valence-electron chi connectivity index (χ3n) is 3.07. The molecule has 0 fully saturated rings. The smallest absolute Gasteiger partial charge is 0.342 e. The number of carbonyl (C=O) groups is 2. The van der Waals surface area contributed by atoms with Crippen LogP contribution in [0.25, 0.3) is 17.4 Å². The summed E-state index contributed by atoms with van der Waals surface area (Å²) in [5.41, 5.74) is 0.942. The molecule has 0 aliphatic heterocycles. The third-order valence-corrected chi connectivity index (χ3v) is 3.32. The highest BCUT2D eigenvalue weighted by Gasteiger charge is 2.19. The van der Waals surface area contributed by atoms with Gasteiger partial charge in [0, 0.05) is 16.2 Å². The Morgan fingerprint density at radius 1 is 1.30 bits per heavy atom. The molecular formula is C17H15ClO5. The molecular weight excluding hydrogens is 320 g/mol. The fourth-order valence-electron chi connectivity index (χ4n) is 1.90. The van der Waals surface area contributed by atoms with E-state index < -0.39 is 11.9 Å². The van der Waals surface area contributed by atoms with Gasteiger partial charge in [-0.15, -0.1) is 0 Å².